The van der Waals surface area contributed by atoms with Crippen LogP contribution in [0.1, 0.15) is 0 Å². The molecule has 0 radical (unpaired) electrons. The molecule has 0 saturated heterocycles. The van der Waals surface area contributed by atoms with Crippen molar-refractivity contribution in [2.75, 3.05) is 13.7 Å². The van der Waals surface area contributed by atoms with E-state index in [-0.39, 0.29) is 20.7 Å². The van der Waals surface area contributed by atoms with E-state index in [1.165, 1.54) is 7.05 Å². The molecular formula is C7H9INO2-. The zero-order chi connectivity index (χ0) is 8.10. The first-order chi connectivity index (χ1) is 5.29. The van der Waals surface area contributed by atoms with Crippen LogP contribution >= 0.6 is 20.7 Å². The van der Waals surface area contributed by atoms with Crippen LogP contribution in [0.4, 0.5) is 0 Å². The summed E-state index contributed by atoms with van der Waals surface area (Å²) in [5.41, 5.74) is 1.10. The largest absolute Gasteiger partial charge is 0.762 e. The molecule has 0 aromatic heterocycles. The Labute approximate surface area is 75.6 Å². The van der Waals surface area contributed by atoms with Crippen molar-refractivity contribution >= 4 is 24.7 Å². The van der Waals surface area contributed by atoms with Gasteiger partial charge in [-0.25, -0.2) is 0 Å². The molecule has 1 rings (SSSR count). The van der Waals surface area contributed by atoms with E-state index in [9.17, 15) is 5.21 Å². The van der Waals surface area contributed by atoms with Gasteiger partial charge in [-0.05, 0) is 20.7 Å². The normalized spacial score (nSPS) is 16.5. The topological polar surface area (TPSA) is 35.5 Å². The van der Waals surface area contributed by atoms with Crippen LogP contribution in [0.5, 0.6) is 0 Å². The third-order valence-electron chi connectivity index (χ3n) is 1.07. The van der Waals surface area contributed by atoms with Gasteiger partial charge < -0.3 is 10.0 Å². The molecule has 0 bridgehead atoms. The quantitative estimate of drug-likeness (QED) is 0.574. The first-order valence-electron chi connectivity index (χ1n) is 3.14. The summed E-state index contributed by atoms with van der Waals surface area (Å²) in [6.07, 6.45) is 3.98. The van der Waals surface area contributed by atoms with Crippen LogP contribution < -0.4 is 0 Å². The third kappa shape index (κ3) is 3.76. The summed E-state index contributed by atoms with van der Waals surface area (Å²) >= 11 is 0.0678. The summed E-state index contributed by atoms with van der Waals surface area (Å²) in [6.45, 7) is 0.393. The van der Waals surface area contributed by atoms with Gasteiger partial charge in [-0.2, -0.15) is 0 Å². The predicted octanol–water partition coefficient (Wildman–Crippen LogP) is 1.57. The van der Waals surface area contributed by atoms with Crippen LogP contribution in [0.2, 0.25) is 0 Å². The number of allylic oxidation sites excluding steroid dienone is 1. The minimum Gasteiger partial charge on any atom is -0.762 e. The lowest BCUT2D eigenvalue weighted by Crippen LogP contribution is -2.11. The lowest BCUT2D eigenvalue weighted by atomic mass is 10.3. The number of hydrogen-bond donors (Lipinski definition) is 0. The third-order valence-corrected chi connectivity index (χ3v) is 3.06. The first kappa shape index (κ1) is 9.05. The Morgan fingerprint density at radius 1 is 1.73 bits per heavy atom. The van der Waals surface area contributed by atoms with E-state index in [0.29, 0.717) is 11.8 Å². The second-order valence-corrected chi connectivity index (χ2v) is 4.07. The minimum absolute atomic E-state index is 0.0678. The Morgan fingerprint density at radius 2 is 2.55 bits per heavy atom. The van der Waals surface area contributed by atoms with Crippen molar-refractivity contribution in [3.05, 3.63) is 27.0 Å². The summed E-state index contributed by atoms with van der Waals surface area (Å²) < 4.78 is 4.30. The average Bonchev–Trinajstić information content (AvgIpc) is 2.03. The molecule has 1 aliphatic heterocycles. The van der Waals surface area contributed by atoms with Crippen molar-refractivity contribution in [2.45, 2.75) is 0 Å². The molecular weight excluding hydrogens is 257 g/mol. The Morgan fingerprint density at radius 3 is 3.09 bits per heavy atom. The second kappa shape index (κ2) is 4.76. The van der Waals surface area contributed by atoms with Crippen LogP contribution in [0.25, 0.3) is 0 Å². The standard InChI is InChI=1S/C7H9INO2/c1-9(10)11-6-7-3-2-4-8-5-7/h2-5H,6H2,1H3/q-1. The van der Waals surface area contributed by atoms with Crippen molar-refractivity contribution in [3.8, 4) is 0 Å². The van der Waals surface area contributed by atoms with Crippen molar-refractivity contribution in [1.82, 2.24) is 5.23 Å². The Bertz CT molecular complexity index is 208. The van der Waals surface area contributed by atoms with Crippen molar-refractivity contribution in [1.29, 1.82) is 0 Å². The molecule has 1 aliphatic rings. The van der Waals surface area contributed by atoms with Gasteiger partial charge in [0.1, 0.15) is 0 Å². The van der Waals surface area contributed by atoms with Crippen LogP contribution in [-0.4, -0.2) is 22.9 Å². The summed E-state index contributed by atoms with van der Waals surface area (Å²) in [5.74, 6) is 0. The lowest BCUT2D eigenvalue weighted by Gasteiger charge is -2.21. The zero-order valence-corrected chi connectivity index (χ0v) is 8.32. The molecule has 3 nitrogen and oxygen atoms in total. The number of halogens is 1. The van der Waals surface area contributed by atoms with Gasteiger partial charge in [-0.1, -0.05) is 32.9 Å². The molecule has 0 unspecified atom stereocenters. The van der Waals surface area contributed by atoms with E-state index >= 15 is 0 Å². The van der Waals surface area contributed by atoms with Gasteiger partial charge in [0.15, 0.2) is 0 Å². The highest BCUT2D eigenvalue weighted by atomic mass is 127. The number of nitrogens with zero attached hydrogens (tertiary/aromatic N) is 1. The smallest absolute Gasteiger partial charge is 0.0928 e. The maximum absolute atomic E-state index is 10.3. The molecule has 0 amide bonds. The number of rotatable bonds is 3. The molecule has 0 aromatic rings. The summed E-state index contributed by atoms with van der Waals surface area (Å²) in [4.78, 5) is 4.74. The zero-order valence-electron chi connectivity index (χ0n) is 6.16. The summed E-state index contributed by atoms with van der Waals surface area (Å²) in [6, 6.07) is 0. The van der Waals surface area contributed by atoms with Crippen molar-refractivity contribution in [2.24, 2.45) is 0 Å². The molecule has 1 heterocycles. The van der Waals surface area contributed by atoms with Gasteiger partial charge >= 0.3 is 0 Å². The van der Waals surface area contributed by atoms with Crippen LogP contribution in [0.3, 0.4) is 0 Å². The van der Waals surface area contributed by atoms with Gasteiger partial charge in [0.25, 0.3) is 0 Å². The van der Waals surface area contributed by atoms with E-state index in [1.54, 1.807) is 0 Å². The van der Waals surface area contributed by atoms with Crippen LogP contribution in [0.15, 0.2) is 21.8 Å². The second-order valence-electron chi connectivity index (χ2n) is 2.01. The fourth-order valence-corrected chi connectivity index (χ4v) is 2.10. The van der Waals surface area contributed by atoms with Crippen LogP contribution in [-0.2, 0) is 4.84 Å². The molecule has 62 valence electrons. The maximum Gasteiger partial charge on any atom is 0.0928 e. The number of hydroxylamine groups is 2. The van der Waals surface area contributed by atoms with Gasteiger partial charge in [0.2, 0.25) is 0 Å². The Balaban J connectivity index is 2.33. The Hall–Kier alpha value is -0.0400. The molecule has 0 spiro atoms. The van der Waals surface area contributed by atoms with E-state index < -0.39 is 0 Å². The lowest BCUT2D eigenvalue weighted by molar-refractivity contribution is -0.0876. The van der Waals surface area contributed by atoms with Gasteiger partial charge in [-0.15, -0.1) is 0 Å². The van der Waals surface area contributed by atoms with E-state index in [2.05, 4.69) is 8.09 Å². The predicted molar refractivity (Wildman–Crippen MR) is 54.4 cm³/mol. The van der Waals surface area contributed by atoms with Gasteiger partial charge in [-0.3, -0.25) is 5.23 Å². The van der Waals surface area contributed by atoms with E-state index in [0.717, 1.165) is 5.57 Å². The maximum atomic E-state index is 10.3. The first-order valence-corrected chi connectivity index (χ1v) is 5.63. The fourth-order valence-electron chi connectivity index (χ4n) is 0.601. The highest BCUT2D eigenvalue weighted by molar-refractivity contribution is 14.2. The highest BCUT2D eigenvalue weighted by Crippen LogP contribution is 2.11. The van der Waals surface area contributed by atoms with Gasteiger partial charge in [0, 0.05) is 0 Å². The monoisotopic (exact) mass is 266 g/mol. The fraction of sp³-hybridized carbons (Fsp3) is 0.286. The summed E-state index contributed by atoms with van der Waals surface area (Å²) in [7, 11) is 1.34. The van der Waals surface area contributed by atoms with Crippen molar-refractivity contribution in [3.63, 3.8) is 0 Å². The molecule has 11 heavy (non-hydrogen) atoms. The average molecular weight is 266 g/mol. The molecule has 0 aromatic carbocycles. The highest BCUT2D eigenvalue weighted by Gasteiger charge is 1.93. The van der Waals surface area contributed by atoms with Gasteiger partial charge in [0.05, 0.1) is 6.61 Å². The van der Waals surface area contributed by atoms with E-state index in [4.69, 9.17) is 4.84 Å². The Kier molecular flexibility index (Phi) is 3.92. The molecule has 4 heteroatoms. The minimum atomic E-state index is 0.0678. The van der Waals surface area contributed by atoms with E-state index in [1.807, 2.05) is 12.2 Å². The number of hydrogen-bond acceptors (Lipinski definition) is 3. The SMILES string of the molecule is CN([O-])OCC1=CI=CC=C1. The van der Waals surface area contributed by atoms with Crippen LogP contribution in [0, 0.1) is 5.21 Å². The molecule has 0 N–H and O–H groups in total. The summed E-state index contributed by atoms with van der Waals surface area (Å²) in [5, 5.41) is 10.8. The molecule has 0 aliphatic carbocycles. The molecule has 0 fully saturated rings. The molecule has 0 saturated carbocycles. The molecule has 0 atom stereocenters. The van der Waals surface area contributed by atoms with Crippen molar-refractivity contribution < 1.29 is 4.84 Å².